The number of nitrogens with one attached hydrogen (secondary N) is 1. The molecule has 3 N–H and O–H groups in total. The van der Waals surface area contributed by atoms with Crippen LogP contribution in [0.5, 0.6) is 0 Å². The lowest BCUT2D eigenvalue weighted by atomic mass is 10.1. The predicted octanol–water partition coefficient (Wildman–Crippen LogP) is 1.51. The lowest BCUT2D eigenvalue weighted by Gasteiger charge is -2.08. The summed E-state index contributed by atoms with van der Waals surface area (Å²) in [6.45, 7) is 8.88. The van der Waals surface area contributed by atoms with Gasteiger partial charge < -0.3 is 11.1 Å². The Labute approximate surface area is 126 Å². The maximum atomic E-state index is 5.74. The molecule has 0 unspecified atom stereocenters. The van der Waals surface area contributed by atoms with Crippen LogP contribution in [-0.4, -0.2) is 28.3 Å². The molecule has 0 bridgehead atoms. The highest BCUT2D eigenvalue weighted by atomic mass is 127. The third-order valence-corrected chi connectivity index (χ3v) is 2.74. The first-order valence-electron chi connectivity index (χ1n) is 5.97. The number of nitrogens with two attached hydrogens (primary N) is 1. The van der Waals surface area contributed by atoms with Crippen molar-refractivity contribution in [3.8, 4) is 0 Å². The van der Waals surface area contributed by atoms with E-state index in [2.05, 4.69) is 22.3 Å². The minimum absolute atomic E-state index is 0. The number of hydrogen-bond donors (Lipinski definition) is 2. The molecule has 0 radical (unpaired) electrons. The molecule has 0 fully saturated rings. The number of hydrogen-bond acceptors (Lipinski definition) is 2. The van der Waals surface area contributed by atoms with Crippen LogP contribution < -0.4 is 11.1 Å². The van der Waals surface area contributed by atoms with Crippen LogP contribution in [0.4, 0.5) is 0 Å². The van der Waals surface area contributed by atoms with Crippen LogP contribution in [0.1, 0.15) is 30.8 Å². The quantitative estimate of drug-likeness (QED) is 0.483. The molecule has 0 aromatic carbocycles. The largest absolute Gasteiger partial charge is 0.370 e. The van der Waals surface area contributed by atoms with E-state index in [0.717, 1.165) is 12.1 Å². The van der Waals surface area contributed by atoms with E-state index < -0.39 is 0 Å². The molecular formula is C12H24IN5. The van der Waals surface area contributed by atoms with Gasteiger partial charge in [0.25, 0.3) is 0 Å². The lowest BCUT2D eigenvalue weighted by molar-refractivity contribution is 0.722. The summed E-state index contributed by atoms with van der Waals surface area (Å²) in [6.07, 6.45) is 0.881. The number of nitrogens with zero attached hydrogens (tertiary/aromatic N) is 3. The SMILES string of the molecule is Cc1nn(C)c(C)c1CCN=C(N)NC(C)C.I. The second kappa shape index (κ2) is 7.60. The third-order valence-electron chi connectivity index (χ3n) is 2.74. The van der Waals surface area contributed by atoms with Crippen LogP contribution in [0.2, 0.25) is 0 Å². The van der Waals surface area contributed by atoms with E-state index in [9.17, 15) is 0 Å². The zero-order valence-corrected chi connectivity index (χ0v) is 14.1. The molecule has 6 heteroatoms. The minimum Gasteiger partial charge on any atom is -0.370 e. The fourth-order valence-corrected chi connectivity index (χ4v) is 1.81. The lowest BCUT2D eigenvalue weighted by Crippen LogP contribution is -2.36. The van der Waals surface area contributed by atoms with Gasteiger partial charge in [0.1, 0.15) is 0 Å². The Bertz CT molecular complexity index is 409. The van der Waals surface area contributed by atoms with E-state index in [1.165, 1.54) is 11.3 Å². The Morgan fingerprint density at radius 1 is 1.44 bits per heavy atom. The molecule has 5 nitrogen and oxygen atoms in total. The topological polar surface area (TPSA) is 68.2 Å². The molecule has 0 aliphatic rings. The number of aromatic nitrogens is 2. The summed E-state index contributed by atoms with van der Waals surface area (Å²) in [5.74, 6) is 0.513. The summed E-state index contributed by atoms with van der Waals surface area (Å²) in [5.41, 5.74) is 9.29. The number of halogens is 1. The maximum absolute atomic E-state index is 5.74. The number of aryl methyl sites for hydroxylation is 2. The molecule has 0 aliphatic carbocycles. The highest BCUT2D eigenvalue weighted by Gasteiger charge is 2.08. The standard InChI is InChI=1S/C12H23N5.HI/c1-8(2)15-12(13)14-7-6-11-9(3)16-17(5)10(11)4;/h8H,6-7H2,1-5H3,(H3,13,14,15);1H. The number of aliphatic imine (C=N–C) groups is 1. The molecule has 0 spiro atoms. The van der Waals surface area contributed by atoms with Crippen molar-refractivity contribution in [3.05, 3.63) is 17.0 Å². The van der Waals surface area contributed by atoms with Gasteiger partial charge in [-0.25, -0.2) is 0 Å². The van der Waals surface area contributed by atoms with Gasteiger partial charge in [-0.1, -0.05) is 0 Å². The third kappa shape index (κ3) is 4.83. The Balaban J connectivity index is 0.00000289. The van der Waals surface area contributed by atoms with Gasteiger partial charge in [-0.05, 0) is 39.7 Å². The first-order chi connectivity index (χ1) is 7.91. The summed E-state index contributed by atoms with van der Waals surface area (Å²) in [6, 6.07) is 0.320. The molecule has 1 rings (SSSR count). The van der Waals surface area contributed by atoms with E-state index >= 15 is 0 Å². The summed E-state index contributed by atoms with van der Waals surface area (Å²) in [7, 11) is 1.96. The van der Waals surface area contributed by atoms with Gasteiger partial charge in [-0.15, -0.1) is 24.0 Å². The molecule has 0 aliphatic heterocycles. The summed E-state index contributed by atoms with van der Waals surface area (Å²) >= 11 is 0. The molecule has 104 valence electrons. The van der Waals surface area contributed by atoms with Crippen LogP contribution in [0, 0.1) is 13.8 Å². The molecule has 0 atom stereocenters. The van der Waals surface area contributed by atoms with Crippen LogP contribution >= 0.6 is 24.0 Å². The highest BCUT2D eigenvalue weighted by molar-refractivity contribution is 14.0. The van der Waals surface area contributed by atoms with Gasteiger partial charge in [-0.3, -0.25) is 9.67 Å². The zero-order chi connectivity index (χ0) is 13.0. The van der Waals surface area contributed by atoms with E-state index in [4.69, 9.17) is 5.73 Å². The van der Waals surface area contributed by atoms with Gasteiger partial charge in [0.15, 0.2) is 5.96 Å². The normalized spacial score (nSPS) is 11.6. The Morgan fingerprint density at radius 2 is 2.06 bits per heavy atom. The van der Waals surface area contributed by atoms with Crippen molar-refractivity contribution >= 4 is 29.9 Å². The van der Waals surface area contributed by atoms with Crippen molar-refractivity contribution in [1.29, 1.82) is 0 Å². The van der Waals surface area contributed by atoms with E-state index in [1.807, 2.05) is 32.5 Å². The van der Waals surface area contributed by atoms with E-state index in [-0.39, 0.29) is 24.0 Å². The van der Waals surface area contributed by atoms with Crippen LogP contribution in [0.25, 0.3) is 0 Å². The molecule has 1 aromatic heterocycles. The number of rotatable bonds is 4. The van der Waals surface area contributed by atoms with Gasteiger partial charge >= 0.3 is 0 Å². The molecule has 1 aromatic rings. The van der Waals surface area contributed by atoms with Gasteiger partial charge in [0, 0.05) is 25.3 Å². The predicted molar refractivity (Wildman–Crippen MR) is 86.6 cm³/mol. The second-order valence-electron chi connectivity index (χ2n) is 4.59. The summed E-state index contributed by atoms with van der Waals surface area (Å²) in [4.78, 5) is 4.30. The van der Waals surface area contributed by atoms with E-state index in [0.29, 0.717) is 18.5 Å². The molecule has 1 heterocycles. The van der Waals surface area contributed by atoms with Crippen molar-refractivity contribution in [2.75, 3.05) is 6.54 Å². The Morgan fingerprint density at radius 3 is 2.50 bits per heavy atom. The molecule has 18 heavy (non-hydrogen) atoms. The minimum atomic E-state index is 0. The summed E-state index contributed by atoms with van der Waals surface area (Å²) < 4.78 is 1.91. The number of guanidine groups is 1. The average Bonchev–Trinajstić information content (AvgIpc) is 2.43. The first-order valence-corrected chi connectivity index (χ1v) is 5.97. The van der Waals surface area contributed by atoms with Gasteiger partial charge in [0.05, 0.1) is 5.69 Å². The van der Waals surface area contributed by atoms with Crippen LogP contribution in [0.15, 0.2) is 4.99 Å². The van der Waals surface area contributed by atoms with Crippen molar-refractivity contribution in [2.24, 2.45) is 17.8 Å². The monoisotopic (exact) mass is 365 g/mol. The van der Waals surface area contributed by atoms with Gasteiger partial charge in [-0.2, -0.15) is 5.10 Å². The van der Waals surface area contributed by atoms with E-state index in [1.54, 1.807) is 0 Å². The second-order valence-corrected chi connectivity index (χ2v) is 4.59. The zero-order valence-electron chi connectivity index (χ0n) is 11.8. The molecule has 0 amide bonds. The van der Waals surface area contributed by atoms with Gasteiger partial charge in [0.2, 0.25) is 0 Å². The van der Waals surface area contributed by atoms with Crippen LogP contribution in [-0.2, 0) is 13.5 Å². The molecular weight excluding hydrogens is 341 g/mol. The fraction of sp³-hybridized carbons (Fsp3) is 0.667. The van der Waals surface area contributed by atoms with Crippen molar-refractivity contribution in [1.82, 2.24) is 15.1 Å². The molecule has 0 saturated heterocycles. The fourth-order valence-electron chi connectivity index (χ4n) is 1.81. The Hall–Kier alpha value is -0.790. The van der Waals surface area contributed by atoms with Crippen molar-refractivity contribution < 1.29 is 0 Å². The van der Waals surface area contributed by atoms with Crippen molar-refractivity contribution in [2.45, 2.75) is 40.2 Å². The van der Waals surface area contributed by atoms with Crippen LogP contribution in [0.3, 0.4) is 0 Å². The summed E-state index contributed by atoms with van der Waals surface area (Å²) in [5, 5.41) is 7.45. The average molecular weight is 365 g/mol. The first kappa shape index (κ1) is 17.2. The Kier molecular flexibility index (Phi) is 7.27. The smallest absolute Gasteiger partial charge is 0.188 e. The van der Waals surface area contributed by atoms with Crippen molar-refractivity contribution in [3.63, 3.8) is 0 Å². The maximum Gasteiger partial charge on any atom is 0.188 e. The highest BCUT2D eigenvalue weighted by Crippen LogP contribution is 2.12. The molecule has 0 saturated carbocycles.